The molecule has 22 heavy (non-hydrogen) atoms. The lowest BCUT2D eigenvalue weighted by Crippen LogP contribution is -1.98. The summed E-state index contributed by atoms with van der Waals surface area (Å²) in [6, 6.07) is 22.2. The van der Waals surface area contributed by atoms with Crippen molar-refractivity contribution >= 4 is 45.6 Å². The first-order chi connectivity index (χ1) is 10.7. The molecule has 3 aromatic carbocycles. The van der Waals surface area contributed by atoms with E-state index < -0.39 is 0 Å². The molecule has 0 aliphatic heterocycles. The fourth-order valence-electron chi connectivity index (χ4n) is 2.30. The Morgan fingerprint density at radius 2 is 1.14 bits per heavy atom. The standard InChI is InChI=1S/C18H11Br2OP/c19-15-6-1-12(2-7-15)14-5-10-18(22-21)17(11-14)13-3-8-16(20)9-4-13/h1-11H. The largest absolute Gasteiger partial charge is 0.269 e. The summed E-state index contributed by atoms with van der Waals surface area (Å²) >= 11 is 6.90. The number of benzene rings is 3. The molecule has 1 nitrogen and oxygen atoms in total. The van der Waals surface area contributed by atoms with Crippen molar-refractivity contribution in [3.05, 3.63) is 75.7 Å². The minimum atomic E-state index is 0.0330. The van der Waals surface area contributed by atoms with Crippen LogP contribution in [-0.2, 0) is 4.57 Å². The zero-order chi connectivity index (χ0) is 15.5. The molecule has 0 amide bonds. The van der Waals surface area contributed by atoms with Crippen LogP contribution in [0.1, 0.15) is 0 Å². The van der Waals surface area contributed by atoms with Crippen molar-refractivity contribution in [2.75, 3.05) is 0 Å². The second-order valence-corrected chi connectivity index (χ2v) is 7.33. The summed E-state index contributed by atoms with van der Waals surface area (Å²) in [4.78, 5) is 0. The molecule has 0 heterocycles. The smallest absolute Gasteiger partial charge is 0.192 e. The summed E-state index contributed by atoms with van der Waals surface area (Å²) in [6.45, 7) is 0. The normalized spacial score (nSPS) is 10.8. The topological polar surface area (TPSA) is 17.1 Å². The summed E-state index contributed by atoms with van der Waals surface area (Å²) in [5, 5.41) is 0.795. The zero-order valence-corrected chi connectivity index (χ0v) is 15.5. The molecule has 0 unspecified atom stereocenters. The predicted octanol–water partition coefficient (Wildman–Crippen LogP) is 6.46. The van der Waals surface area contributed by atoms with Crippen molar-refractivity contribution < 1.29 is 4.57 Å². The van der Waals surface area contributed by atoms with Crippen LogP contribution in [0.3, 0.4) is 0 Å². The highest BCUT2D eigenvalue weighted by Crippen LogP contribution is 2.28. The van der Waals surface area contributed by atoms with E-state index in [0.717, 1.165) is 36.5 Å². The van der Waals surface area contributed by atoms with Gasteiger partial charge in [0.1, 0.15) is 0 Å². The van der Waals surface area contributed by atoms with Gasteiger partial charge in [-0.2, -0.15) is 0 Å². The van der Waals surface area contributed by atoms with Gasteiger partial charge in [-0.1, -0.05) is 62.2 Å². The molecule has 0 saturated carbocycles. The van der Waals surface area contributed by atoms with Crippen molar-refractivity contribution in [3.8, 4) is 22.3 Å². The Labute approximate surface area is 147 Å². The van der Waals surface area contributed by atoms with E-state index in [0.29, 0.717) is 0 Å². The molecule has 0 saturated heterocycles. The highest BCUT2D eigenvalue weighted by Gasteiger charge is 2.08. The first kappa shape index (κ1) is 15.6. The molecule has 108 valence electrons. The molecule has 0 atom stereocenters. The van der Waals surface area contributed by atoms with Gasteiger partial charge < -0.3 is 0 Å². The Kier molecular flexibility index (Phi) is 4.87. The van der Waals surface area contributed by atoms with Crippen molar-refractivity contribution in [2.24, 2.45) is 0 Å². The zero-order valence-electron chi connectivity index (χ0n) is 11.5. The van der Waals surface area contributed by atoms with Gasteiger partial charge in [-0.25, -0.2) is 0 Å². The van der Waals surface area contributed by atoms with E-state index >= 15 is 0 Å². The third-order valence-corrected chi connectivity index (χ3v) is 5.07. The van der Waals surface area contributed by atoms with E-state index in [-0.39, 0.29) is 8.46 Å². The van der Waals surface area contributed by atoms with Crippen molar-refractivity contribution in [1.82, 2.24) is 0 Å². The van der Waals surface area contributed by atoms with Gasteiger partial charge in [0.15, 0.2) is 8.46 Å². The van der Waals surface area contributed by atoms with Crippen molar-refractivity contribution in [1.29, 1.82) is 0 Å². The minimum Gasteiger partial charge on any atom is -0.269 e. The molecule has 4 heteroatoms. The number of hydrogen-bond donors (Lipinski definition) is 0. The molecule has 0 N–H and O–H groups in total. The van der Waals surface area contributed by atoms with E-state index in [1.165, 1.54) is 0 Å². The maximum Gasteiger partial charge on any atom is 0.192 e. The van der Waals surface area contributed by atoms with Gasteiger partial charge in [0.05, 0.1) is 5.30 Å². The second-order valence-electron chi connectivity index (χ2n) is 4.84. The summed E-state index contributed by atoms with van der Waals surface area (Å²) in [5.74, 6) is 0. The van der Waals surface area contributed by atoms with Gasteiger partial charge in [0, 0.05) is 8.95 Å². The lowest BCUT2D eigenvalue weighted by Gasteiger charge is -2.09. The SMILES string of the molecule is O=Pc1ccc(-c2ccc(Br)cc2)cc1-c1ccc(Br)cc1. The van der Waals surface area contributed by atoms with E-state index in [2.05, 4.69) is 50.1 Å². The molecule has 0 radical (unpaired) electrons. The summed E-state index contributed by atoms with van der Waals surface area (Å²) < 4.78 is 13.5. The van der Waals surface area contributed by atoms with Crippen LogP contribution in [0, 0.1) is 0 Å². The van der Waals surface area contributed by atoms with E-state index in [1.807, 2.05) is 48.5 Å². The van der Waals surface area contributed by atoms with E-state index in [9.17, 15) is 4.57 Å². The summed E-state index contributed by atoms with van der Waals surface area (Å²) in [7, 11) is 0.0330. The van der Waals surface area contributed by atoms with Crippen LogP contribution in [0.2, 0.25) is 0 Å². The van der Waals surface area contributed by atoms with Gasteiger partial charge in [0.25, 0.3) is 0 Å². The molecule has 0 spiro atoms. The maximum absolute atomic E-state index is 11.4. The van der Waals surface area contributed by atoms with Crippen molar-refractivity contribution in [3.63, 3.8) is 0 Å². The average Bonchev–Trinajstić information content (AvgIpc) is 2.56. The lowest BCUT2D eigenvalue weighted by atomic mass is 9.99. The molecule has 0 aromatic heterocycles. The van der Waals surface area contributed by atoms with Gasteiger partial charge in [-0.05, 0) is 58.7 Å². The number of hydrogen-bond acceptors (Lipinski definition) is 1. The third-order valence-electron chi connectivity index (χ3n) is 3.43. The van der Waals surface area contributed by atoms with Gasteiger partial charge in [-0.15, -0.1) is 0 Å². The van der Waals surface area contributed by atoms with Gasteiger partial charge in [-0.3, -0.25) is 4.57 Å². The average molecular weight is 434 g/mol. The van der Waals surface area contributed by atoms with Crippen LogP contribution in [0.25, 0.3) is 22.3 Å². The highest BCUT2D eigenvalue weighted by atomic mass is 79.9. The fraction of sp³-hybridized carbons (Fsp3) is 0. The number of halogens is 2. The molecule has 0 bridgehead atoms. The third kappa shape index (κ3) is 3.38. The molecule has 0 aliphatic rings. The highest BCUT2D eigenvalue weighted by molar-refractivity contribution is 9.10. The van der Waals surface area contributed by atoms with E-state index in [1.54, 1.807) is 0 Å². The molecule has 3 rings (SSSR count). The van der Waals surface area contributed by atoms with E-state index in [4.69, 9.17) is 0 Å². The molecule has 3 aromatic rings. The number of rotatable bonds is 3. The lowest BCUT2D eigenvalue weighted by molar-refractivity contribution is 0.603. The Balaban J connectivity index is 2.12. The monoisotopic (exact) mass is 432 g/mol. The summed E-state index contributed by atoms with van der Waals surface area (Å²) in [5.41, 5.74) is 4.29. The van der Waals surface area contributed by atoms with Crippen LogP contribution in [0.5, 0.6) is 0 Å². The first-order valence-electron chi connectivity index (χ1n) is 6.66. The molecule has 0 fully saturated rings. The van der Waals surface area contributed by atoms with Crippen LogP contribution in [0.4, 0.5) is 0 Å². The fourth-order valence-corrected chi connectivity index (χ4v) is 3.25. The Hall–Kier alpha value is -1.28. The Morgan fingerprint density at radius 3 is 1.68 bits per heavy atom. The second kappa shape index (κ2) is 6.87. The van der Waals surface area contributed by atoms with Crippen LogP contribution >= 0.6 is 40.3 Å². The van der Waals surface area contributed by atoms with Crippen LogP contribution < -0.4 is 5.30 Å². The van der Waals surface area contributed by atoms with Crippen LogP contribution in [-0.4, -0.2) is 0 Å². The molecule has 0 aliphatic carbocycles. The van der Waals surface area contributed by atoms with Gasteiger partial charge in [0.2, 0.25) is 0 Å². The Morgan fingerprint density at radius 1 is 0.636 bits per heavy atom. The quantitative estimate of drug-likeness (QED) is 0.433. The first-order valence-corrected chi connectivity index (χ1v) is 9.06. The van der Waals surface area contributed by atoms with Crippen molar-refractivity contribution in [2.45, 2.75) is 0 Å². The predicted molar refractivity (Wildman–Crippen MR) is 100.0 cm³/mol. The minimum absolute atomic E-state index is 0.0330. The van der Waals surface area contributed by atoms with Crippen LogP contribution in [0.15, 0.2) is 75.7 Å². The summed E-state index contributed by atoms with van der Waals surface area (Å²) in [6.07, 6.45) is 0. The van der Waals surface area contributed by atoms with Gasteiger partial charge >= 0.3 is 0 Å². The molecular formula is C18H11Br2OP. The maximum atomic E-state index is 11.4. The molecular weight excluding hydrogens is 423 g/mol. The Bertz CT molecular complexity index is 811.